The summed E-state index contributed by atoms with van der Waals surface area (Å²) >= 11 is 3.90. The molecule has 0 bridgehead atoms. The second kappa shape index (κ2) is 10.9. The highest BCUT2D eigenvalue weighted by Gasteiger charge is 2.23. The van der Waals surface area contributed by atoms with E-state index in [-0.39, 0.29) is 17.2 Å². The number of esters is 1. The molecule has 0 saturated carbocycles. The molecule has 7 nitrogen and oxygen atoms in total. The number of methoxy groups -OCH3 is 1. The van der Waals surface area contributed by atoms with Gasteiger partial charge >= 0.3 is 5.97 Å². The molecule has 0 aliphatic rings. The van der Waals surface area contributed by atoms with Crippen molar-refractivity contribution in [3.8, 4) is 16.8 Å². The molecule has 0 atom stereocenters. The van der Waals surface area contributed by atoms with E-state index in [1.54, 1.807) is 4.57 Å². The summed E-state index contributed by atoms with van der Waals surface area (Å²) in [7, 11) is 1.31. The van der Waals surface area contributed by atoms with Crippen molar-refractivity contribution in [3.05, 3.63) is 92.4 Å². The Balaban J connectivity index is 1.45. The standard InChI is InChI=1S/C28H23N3O4S3/c1-16-17(2)38-25-22(16)26(33)31(19-12-8-5-9-13-19)28(30-25)37-15-21(32)29-24-23(27(34)35-3)20(14-36-24)18-10-6-4-7-11-18/h4-14H,15H2,1-3H3,(H,29,32). The van der Waals surface area contributed by atoms with E-state index in [2.05, 4.69) is 5.32 Å². The maximum Gasteiger partial charge on any atom is 0.341 e. The van der Waals surface area contributed by atoms with Crippen LogP contribution in [0.1, 0.15) is 20.8 Å². The fourth-order valence-electron chi connectivity index (χ4n) is 4.05. The van der Waals surface area contributed by atoms with Gasteiger partial charge in [-0.25, -0.2) is 9.78 Å². The molecule has 0 saturated heterocycles. The zero-order valence-electron chi connectivity index (χ0n) is 20.8. The predicted octanol–water partition coefficient (Wildman–Crippen LogP) is 6.31. The van der Waals surface area contributed by atoms with Crippen molar-refractivity contribution >= 4 is 61.5 Å². The first kappa shape index (κ1) is 25.9. The van der Waals surface area contributed by atoms with Crippen LogP contribution in [-0.4, -0.2) is 34.3 Å². The first-order valence-electron chi connectivity index (χ1n) is 11.6. The van der Waals surface area contributed by atoms with E-state index in [1.165, 1.54) is 41.5 Å². The van der Waals surface area contributed by atoms with Crippen molar-refractivity contribution in [1.29, 1.82) is 0 Å². The molecule has 0 radical (unpaired) electrons. The Labute approximate surface area is 231 Å². The minimum absolute atomic E-state index is 0.00664. The van der Waals surface area contributed by atoms with E-state index in [9.17, 15) is 14.4 Å². The number of nitrogens with zero attached hydrogens (tertiary/aromatic N) is 2. The summed E-state index contributed by atoms with van der Waals surface area (Å²) in [5.74, 6) is -0.858. The highest BCUT2D eigenvalue weighted by atomic mass is 32.2. The maximum absolute atomic E-state index is 13.6. The molecule has 5 aromatic rings. The quantitative estimate of drug-likeness (QED) is 0.142. The number of aryl methyl sites for hydroxylation is 2. The molecule has 192 valence electrons. The van der Waals surface area contributed by atoms with E-state index in [0.29, 0.717) is 37.2 Å². The van der Waals surface area contributed by atoms with Gasteiger partial charge in [0, 0.05) is 15.8 Å². The number of amides is 1. The molecule has 0 spiro atoms. The first-order valence-corrected chi connectivity index (χ1v) is 14.3. The molecule has 0 fully saturated rings. The Morgan fingerprint density at radius 3 is 2.42 bits per heavy atom. The summed E-state index contributed by atoms with van der Waals surface area (Å²) in [4.78, 5) is 45.7. The van der Waals surface area contributed by atoms with Gasteiger partial charge in [0.05, 0.1) is 23.9 Å². The lowest BCUT2D eigenvalue weighted by Crippen LogP contribution is -2.23. The molecule has 0 unspecified atom stereocenters. The smallest absolute Gasteiger partial charge is 0.341 e. The lowest BCUT2D eigenvalue weighted by molar-refractivity contribution is -0.113. The lowest BCUT2D eigenvalue weighted by Gasteiger charge is -2.12. The van der Waals surface area contributed by atoms with Crippen LogP contribution < -0.4 is 10.9 Å². The monoisotopic (exact) mass is 561 g/mol. The minimum Gasteiger partial charge on any atom is -0.465 e. The Morgan fingerprint density at radius 2 is 1.74 bits per heavy atom. The molecular formula is C28H23N3O4S3. The number of hydrogen-bond acceptors (Lipinski definition) is 8. The number of carbonyl (C=O) groups excluding carboxylic acids is 2. The van der Waals surface area contributed by atoms with Crippen molar-refractivity contribution in [1.82, 2.24) is 9.55 Å². The van der Waals surface area contributed by atoms with Crippen molar-refractivity contribution in [3.63, 3.8) is 0 Å². The van der Waals surface area contributed by atoms with Gasteiger partial charge in [0.1, 0.15) is 15.4 Å². The van der Waals surface area contributed by atoms with Crippen LogP contribution in [0.25, 0.3) is 27.0 Å². The third-order valence-electron chi connectivity index (χ3n) is 6.04. The van der Waals surface area contributed by atoms with Gasteiger partial charge in [0.15, 0.2) is 5.16 Å². The highest BCUT2D eigenvalue weighted by Crippen LogP contribution is 2.36. The number of carbonyl (C=O) groups is 2. The number of para-hydroxylation sites is 1. The average Bonchev–Trinajstić information content (AvgIpc) is 3.48. The van der Waals surface area contributed by atoms with Gasteiger partial charge in [-0.2, -0.15) is 0 Å². The minimum atomic E-state index is -0.526. The summed E-state index contributed by atoms with van der Waals surface area (Å²) in [5.41, 5.74) is 3.29. The second-order valence-corrected chi connectivity index (χ2v) is 11.4. The van der Waals surface area contributed by atoms with Crippen LogP contribution in [-0.2, 0) is 9.53 Å². The van der Waals surface area contributed by atoms with Crippen LogP contribution in [0.2, 0.25) is 0 Å². The molecule has 5 rings (SSSR count). The van der Waals surface area contributed by atoms with Gasteiger partial charge in [-0.15, -0.1) is 22.7 Å². The van der Waals surface area contributed by atoms with Crippen molar-refractivity contribution in [2.45, 2.75) is 19.0 Å². The number of hydrogen-bond donors (Lipinski definition) is 1. The number of aromatic nitrogens is 2. The summed E-state index contributed by atoms with van der Waals surface area (Å²) in [5, 5.41) is 6.12. The van der Waals surface area contributed by atoms with Gasteiger partial charge < -0.3 is 10.1 Å². The molecule has 0 aliphatic heterocycles. The van der Waals surface area contributed by atoms with Crippen LogP contribution in [0.3, 0.4) is 0 Å². The SMILES string of the molecule is COC(=O)c1c(-c2ccccc2)csc1NC(=O)CSc1nc2sc(C)c(C)c2c(=O)n1-c1ccccc1. The van der Waals surface area contributed by atoms with Crippen LogP contribution >= 0.6 is 34.4 Å². The van der Waals surface area contributed by atoms with E-state index >= 15 is 0 Å². The van der Waals surface area contributed by atoms with E-state index in [1.807, 2.05) is 79.9 Å². The molecule has 3 heterocycles. The van der Waals surface area contributed by atoms with Crippen LogP contribution in [0, 0.1) is 13.8 Å². The normalized spacial score (nSPS) is 11.0. The van der Waals surface area contributed by atoms with E-state index in [0.717, 1.165) is 16.0 Å². The average molecular weight is 562 g/mol. The Kier molecular flexibility index (Phi) is 7.46. The van der Waals surface area contributed by atoms with Gasteiger partial charge in [-0.3, -0.25) is 14.2 Å². The molecule has 3 aromatic heterocycles. The molecule has 1 amide bonds. The number of nitrogens with one attached hydrogen (secondary N) is 1. The fraction of sp³-hybridized carbons (Fsp3) is 0.143. The Bertz CT molecular complexity index is 1710. The lowest BCUT2D eigenvalue weighted by atomic mass is 10.0. The van der Waals surface area contributed by atoms with Gasteiger partial charge in [0.2, 0.25) is 5.91 Å². The summed E-state index contributed by atoms with van der Waals surface area (Å²) in [6.07, 6.45) is 0. The zero-order chi connectivity index (χ0) is 26.8. The van der Waals surface area contributed by atoms with Crippen LogP contribution in [0.4, 0.5) is 5.00 Å². The van der Waals surface area contributed by atoms with Crippen molar-refractivity contribution in [2.24, 2.45) is 0 Å². The zero-order valence-corrected chi connectivity index (χ0v) is 23.3. The number of thioether (sulfide) groups is 1. The predicted molar refractivity (Wildman–Crippen MR) is 155 cm³/mol. The molecule has 2 aromatic carbocycles. The molecule has 10 heteroatoms. The second-order valence-electron chi connectivity index (χ2n) is 8.38. The summed E-state index contributed by atoms with van der Waals surface area (Å²) in [6, 6.07) is 18.7. The van der Waals surface area contributed by atoms with Gasteiger partial charge in [-0.05, 0) is 37.1 Å². The molecule has 1 N–H and O–H groups in total. The number of ether oxygens (including phenoxy) is 1. The van der Waals surface area contributed by atoms with Crippen molar-refractivity contribution < 1.29 is 14.3 Å². The molecule has 0 aliphatic carbocycles. The Morgan fingerprint density at radius 1 is 1.05 bits per heavy atom. The topological polar surface area (TPSA) is 90.3 Å². The third kappa shape index (κ3) is 4.90. The number of anilines is 1. The van der Waals surface area contributed by atoms with Gasteiger partial charge in [0.25, 0.3) is 5.56 Å². The number of thiophene rings is 2. The van der Waals surface area contributed by atoms with Crippen molar-refractivity contribution in [2.75, 3.05) is 18.2 Å². The third-order valence-corrected chi connectivity index (χ3v) is 8.97. The largest absolute Gasteiger partial charge is 0.465 e. The van der Waals surface area contributed by atoms with Gasteiger partial charge in [-0.1, -0.05) is 60.3 Å². The fourth-order valence-corrected chi connectivity index (χ4v) is 6.91. The molecular weight excluding hydrogens is 539 g/mol. The number of benzene rings is 2. The number of fused-ring (bicyclic) bond motifs is 1. The molecule has 38 heavy (non-hydrogen) atoms. The van der Waals surface area contributed by atoms with E-state index in [4.69, 9.17) is 9.72 Å². The maximum atomic E-state index is 13.6. The van der Waals surface area contributed by atoms with E-state index < -0.39 is 5.97 Å². The summed E-state index contributed by atoms with van der Waals surface area (Å²) in [6.45, 7) is 3.90. The van der Waals surface area contributed by atoms with Crippen LogP contribution in [0.5, 0.6) is 0 Å². The van der Waals surface area contributed by atoms with Crippen LogP contribution in [0.15, 0.2) is 76.0 Å². The number of rotatable bonds is 7. The Hall–Kier alpha value is -3.73. The highest BCUT2D eigenvalue weighted by molar-refractivity contribution is 7.99. The first-order chi connectivity index (χ1) is 18.4. The summed E-state index contributed by atoms with van der Waals surface area (Å²) < 4.78 is 6.56.